The quantitative estimate of drug-likeness (QED) is 0.541. The lowest BCUT2D eigenvalue weighted by atomic mass is 9.86. The standard InChI is InChI=1S/C24H31F6N3O2/c1-15-4-2-3-5-20(15)32-21(34)14-33-8-6-16(7-9-33)13-31-22(35)17-10-18(23(25,26)27)12-19(11-17)24(28,29)30/h10-12,15-16,20H,2-9,13-14H2,1H3,(H,31,35)(H,32,34). The van der Waals surface area contributed by atoms with E-state index in [4.69, 9.17) is 0 Å². The number of amides is 2. The van der Waals surface area contributed by atoms with Gasteiger partial charge in [0.1, 0.15) is 0 Å². The van der Waals surface area contributed by atoms with E-state index in [1.54, 1.807) is 0 Å². The minimum atomic E-state index is -5.01. The summed E-state index contributed by atoms with van der Waals surface area (Å²) in [6.45, 7) is 3.81. The van der Waals surface area contributed by atoms with Gasteiger partial charge in [-0.05, 0) is 68.8 Å². The van der Waals surface area contributed by atoms with Gasteiger partial charge in [0.15, 0.2) is 0 Å². The summed E-state index contributed by atoms with van der Waals surface area (Å²) < 4.78 is 78.1. The number of likely N-dealkylation sites (tertiary alicyclic amines) is 1. The van der Waals surface area contributed by atoms with Crippen LogP contribution in [0.2, 0.25) is 0 Å². The molecule has 1 aliphatic carbocycles. The Labute approximate surface area is 200 Å². The van der Waals surface area contributed by atoms with Gasteiger partial charge in [-0.1, -0.05) is 19.8 Å². The number of nitrogens with zero attached hydrogens (tertiary/aromatic N) is 1. The zero-order valence-electron chi connectivity index (χ0n) is 19.6. The number of hydrogen-bond acceptors (Lipinski definition) is 3. The lowest BCUT2D eigenvalue weighted by Gasteiger charge is -2.33. The van der Waals surface area contributed by atoms with Crippen molar-refractivity contribution in [3.05, 3.63) is 34.9 Å². The first-order chi connectivity index (χ1) is 16.3. The second-order valence-electron chi connectivity index (χ2n) is 9.66. The lowest BCUT2D eigenvalue weighted by Crippen LogP contribution is -2.47. The van der Waals surface area contributed by atoms with Crippen LogP contribution in [-0.2, 0) is 17.1 Å². The molecule has 1 saturated carbocycles. The molecule has 0 aromatic heterocycles. The normalized spacial score (nSPS) is 22.6. The Bertz CT molecular complexity index is 862. The van der Waals surface area contributed by atoms with Crippen LogP contribution in [0.4, 0.5) is 26.3 Å². The molecule has 11 heteroatoms. The van der Waals surface area contributed by atoms with E-state index in [1.165, 1.54) is 6.42 Å². The second kappa shape index (κ2) is 11.2. The summed E-state index contributed by atoms with van der Waals surface area (Å²) >= 11 is 0. The summed E-state index contributed by atoms with van der Waals surface area (Å²) in [5.74, 6) is -0.513. The molecule has 1 aliphatic heterocycles. The first-order valence-electron chi connectivity index (χ1n) is 11.9. The van der Waals surface area contributed by atoms with Crippen LogP contribution in [0.5, 0.6) is 0 Å². The highest BCUT2D eigenvalue weighted by Crippen LogP contribution is 2.36. The Morgan fingerprint density at radius 3 is 2.03 bits per heavy atom. The van der Waals surface area contributed by atoms with Crippen molar-refractivity contribution in [3.8, 4) is 0 Å². The maximum absolute atomic E-state index is 13.0. The molecule has 2 fully saturated rings. The van der Waals surface area contributed by atoms with Crippen molar-refractivity contribution in [3.63, 3.8) is 0 Å². The average Bonchev–Trinajstić information content (AvgIpc) is 2.78. The third-order valence-electron chi connectivity index (χ3n) is 6.93. The molecular formula is C24H31F6N3O2. The van der Waals surface area contributed by atoms with Gasteiger partial charge in [-0.3, -0.25) is 14.5 Å². The number of carbonyl (C=O) groups is 2. The molecule has 2 atom stereocenters. The van der Waals surface area contributed by atoms with Crippen LogP contribution in [0.15, 0.2) is 18.2 Å². The van der Waals surface area contributed by atoms with E-state index in [1.807, 2.05) is 4.90 Å². The maximum atomic E-state index is 13.0. The van der Waals surface area contributed by atoms with Crippen molar-refractivity contribution >= 4 is 11.8 Å². The zero-order chi connectivity index (χ0) is 25.8. The van der Waals surface area contributed by atoms with E-state index in [0.29, 0.717) is 44.0 Å². The topological polar surface area (TPSA) is 61.4 Å². The van der Waals surface area contributed by atoms with E-state index in [0.717, 1.165) is 19.3 Å². The predicted molar refractivity (Wildman–Crippen MR) is 118 cm³/mol. The molecule has 0 radical (unpaired) electrons. The van der Waals surface area contributed by atoms with Crippen molar-refractivity contribution in [1.82, 2.24) is 15.5 Å². The molecule has 3 rings (SSSR count). The molecule has 1 aromatic carbocycles. The Kier molecular flexibility index (Phi) is 8.72. The number of halogens is 6. The zero-order valence-corrected chi connectivity index (χ0v) is 19.6. The molecule has 5 nitrogen and oxygen atoms in total. The molecule has 196 valence electrons. The van der Waals surface area contributed by atoms with Gasteiger partial charge in [-0.15, -0.1) is 0 Å². The molecule has 2 amide bonds. The molecule has 2 unspecified atom stereocenters. The molecule has 0 bridgehead atoms. The van der Waals surface area contributed by atoms with E-state index < -0.39 is 35.0 Å². The molecule has 1 saturated heterocycles. The third-order valence-corrected chi connectivity index (χ3v) is 6.93. The highest BCUT2D eigenvalue weighted by molar-refractivity contribution is 5.94. The number of hydrogen-bond donors (Lipinski definition) is 2. The summed E-state index contributed by atoms with van der Waals surface area (Å²) in [5.41, 5.74) is -3.73. The highest BCUT2D eigenvalue weighted by Gasteiger charge is 2.37. The fraction of sp³-hybridized carbons (Fsp3) is 0.667. The summed E-state index contributed by atoms with van der Waals surface area (Å²) in [5, 5.41) is 5.59. The highest BCUT2D eigenvalue weighted by atomic mass is 19.4. The van der Waals surface area contributed by atoms with Crippen LogP contribution in [0.1, 0.15) is 66.9 Å². The van der Waals surface area contributed by atoms with Crippen LogP contribution in [0, 0.1) is 11.8 Å². The minimum Gasteiger partial charge on any atom is -0.352 e. The number of benzene rings is 1. The molecule has 2 aliphatic rings. The Morgan fingerprint density at radius 1 is 0.914 bits per heavy atom. The number of piperidine rings is 1. The molecular weight excluding hydrogens is 476 g/mol. The van der Waals surface area contributed by atoms with E-state index in [-0.39, 0.29) is 37.0 Å². The number of nitrogens with one attached hydrogen (secondary N) is 2. The summed E-state index contributed by atoms with van der Waals surface area (Å²) in [7, 11) is 0. The molecule has 1 heterocycles. The van der Waals surface area contributed by atoms with Crippen molar-refractivity contribution in [2.24, 2.45) is 11.8 Å². The Balaban J connectivity index is 1.48. The SMILES string of the molecule is CC1CCCCC1NC(=O)CN1CCC(CNC(=O)c2cc(C(F)(F)F)cc(C(F)(F)F)c2)CC1. The monoisotopic (exact) mass is 507 g/mol. The van der Waals surface area contributed by atoms with Gasteiger partial charge in [0.2, 0.25) is 5.91 Å². The van der Waals surface area contributed by atoms with Gasteiger partial charge in [-0.2, -0.15) is 26.3 Å². The van der Waals surface area contributed by atoms with E-state index >= 15 is 0 Å². The smallest absolute Gasteiger partial charge is 0.352 e. The first-order valence-corrected chi connectivity index (χ1v) is 11.9. The predicted octanol–water partition coefficient (Wildman–Crippen LogP) is 4.86. The van der Waals surface area contributed by atoms with Crippen molar-refractivity contribution in [2.45, 2.75) is 63.8 Å². The number of rotatable bonds is 6. The minimum absolute atomic E-state index is 0.00240. The number of carbonyl (C=O) groups excluding carboxylic acids is 2. The van der Waals surface area contributed by atoms with Crippen molar-refractivity contribution in [1.29, 1.82) is 0 Å². The molecule has 2 N–H and O–H groups in total. The van der Waals surface area contributed by atoms with Crippen LogP contribution < -0.4 is 10.6 Å². The van der Waals surface area contributed by atoms with Gasteiger partial charge in [-0.25, -0.2) is 0 Å². The summed E-state index contributed by atoms with van der Waals surface area (Å²) in [6.07, 6.45) is -4.30. The Morgan fingerprint density at radius 2 is 1.49 bits per heavy atom. The number of alkyl halides is 6. The lowest BCUT2D eigenvalue weighted by molar-refractivity contribution is -0.143. The van der Waals surface area contributed by atoms with Crippen LogP contribution in [-0.4, -0.2) is 48.9 Å². The van der Waals surface area contributed by atoms with E-state index in [9.17, 15) is 35.9 Å². The van der Waals surface area contributed by atoms with Crippen LogP contribution >= 0.6 is 0 Å². The third kappa shape index (κ3) is 7.85. The fourth-order valence-electron chi connectivity index (χ4n) is 4.76. The van der Waals surface area contributed by atoms with Gasteiger partial charge < -0.3 is 10.6 Å². The summed E-state index contributed by atoms with van der Waals surface area (Å²) in [4.78, 5) is 26.8. The molecule has 0 spiro atoms. The summed E-state index contributed by atoms with van der Waals surface area (Å²) in [6, 6.07) is 1.06. The van der Waals surface area contributed by atoms with Crippen LogP contribution in [0.25, 0.3) is 0 Å². The van der Waals surface area contributed by atoms with Gasteiger partial charge in [0, 0.05) is 18.2 Å². The fourth-order valence-corrected chi connectivity index (χ4v) is 4.76. The largest absolute Gasteiger partial charge is 0.416 e. The van der Waals surface area contributed by atoms with Crippen LogP contribution in [0.3, 0.4) is 0 Å². The molecule has 1 aromatic rings. The van der Waals surface area contributed by atoms with E-state index in [2.05, 4.69) is 17.6 Å². The molecule has 35 heavy (non-hydrogen) atoms. The van der Waals surface area contributed by atoms with Crippen molar-refractivity contribution in [2.75, 3.05) is 26.2 Å². The second-order valence-corrected chi connectivity index (χ2v) is 9.66. The first kappa shape index (κ1) is 27.3. The van der Waals surface area contributed by atoms with Crippen molar-refractivity contribution < 1.29 is 35.9 Å². The van der Waals surface area contributed by atoms with Gasteiger partial charge >= 0.3 is 12.4 Å². The average molecular weight is 508 g/mol. The van der Waals surface area contributed by atoms with Gasteiger partial charge in [0.05, 0.1) is 17.7 Å². The Hall–Kier alpha value is -2.30. The maximum Gasteiger partial charge on any atom is 0.416 e. The van der Waals surface area contributed by atoms with Gasteiger partial charge in [0.25, 0.3) is 5.91 Å².